The van der Waals surface area contributed by atoms with Gasteiger partial charge in [0.25, 0.3) is 0 Å². The molecule has 0 heterocycles. The predicted molar refractivity (Wildman–Crippen MR) is 9.83 cm³/mol. The van der Waals surface area contributed by atoms with Crippen molar-refractivity contribution in [3.8, 4) is 0 Å². The molecule has 0 unspecified atom stereocenters. The molecule has 0 spiro atoms. The Morgan fingerprint density at radius 2 is 2.00 bits per heavy atom. The Morgan fingerprint density at radius 1 is 2.00 bits per heavy atom. The molecule has 0 aliphatic heterocycles. The summed E-state index contributed by atoms with van der Waals surface area (Å²) in [6.45, 7) is 3.16. The second-order valence-corrected chi connectivity index (χ2v) is 4.45. The van der Waals surface area contributed by atoms with Gasteiger partial charge < -0.3 is 0 Å². The van der Waals surface area contributed by atoms with E-state index in [1.807, 2.05) is 0 Å². The maximum absolute atomic E-state index is 9.14. The predicted octanol–water partition coefficient (Wildman–Crippen LogP) is 0.183. The normalized spacial score (nSPS) is 6.00. The quantitative estimate of drug-likeness (QED) is 0.621. The summed E-state index contributed by atoms with van der Waals surface area (Å²) < 4.78 is 16.7. The molecule has 0 aromatic carbocycles. The summed E-state index contributed by atoms with van der Waals surface area (Å²) in [7, 11) is 0. The van der Waals surface area contributed by atoms with Crippen LogP contribution < -0.4 is 0 Å². The first-order valence-corrected chi connectivity index (χ1v) is 7.34. The van der Waals surface area contributed by atoms with E-state index in [1.54, 1.807) is 0 Å². The van der Waals surface area contributed by atoms with Crippen molar-refractivity contribution in [1.82, 2.24) is 0 Å². The van der Waals surface area contributed by atoms with Crippen molar-refractivity contribution in [2.24, 2.45) is 0 Å². The number of rotatable bonds is 0. The summed E-state index contributed by atoms with van der Waals surface area (Å²) in [5, 5.41) is 0. The van der Waals surface area contributed by atoms with E-state index in [0.29, 0.717) is 0 Å². The standard InChI is InChI=1S/H2O.O.P.W/h1H2;;;/q;;;+1/p-1. The minimum absolute atomic E-state index is 3.08. The zero-order valence-corrected chi connectivity index (χ0v) is 5.54. The molecule has 0 aromatic rings. The summed E-state index contributed by atoms with van der Waals surface area (Å²) in [5.41, 5.74) is 0. The van der Waals surface area contributed by atoms with Gasteiger partial charge in [-0.2, -0.15) is 0 Å². The zero-order chi connectivity index (χ0) is 3.58. The summed E-state index contributed by atoms with van der Waals surface area (Å²) >= 11 is -3.08. The molecule has 0 amide bonds. The van der Waals surface area contributed by atoms with Gasteiger partial charge in [-0.25, -0.2) is 0 Å². The Balaban J connectivity index is 3.85. The van der Waals surface area contributed by atoms with Crippen molar-refractivity contribution in [1.29, 1.82) is 0 Å². The van der Waals surface area contributed by atoms with Gasteiger partial charge in [-0.3, -0.25) is 0 Å². The van der Waals surface area contributed by atoms with E-state index >= 15 is 0 Å². The van der Waals surface area contributed by atoms with E-state index in [0.717, 1.165) is 0 Å². The molecular weight excluding hydrogens is 247 g/mol. The van der Waals surface area contributed by atoms with Gasteiger partial charge in [-0.1, -0.05) is 0 Å². The van der Waals surface area contributed by atoms with E-state index in [-0.39, 0.29) is 0 Å². The van der Waals surface area contributed by atoms with Gasteiger partial charge in [-0.05, 0) is 0 Å². The van der Waals surface area contributed by atoms with Crippen molar-refractivity contribution >= 4 is 6.65 Å². The average molecular weight is 248 g/mol. The van der Waals surface area contributed by atoms with E-state index in [9.17, 15) is 0 Å². The second-order valence-electron chi connectivity index (χ2n) is 0.231. The van der Waals surface area contributed by atoms with Crippen LogP contribution in [0.2, 0.25) is 0 Å². The Labute approximate surface area is 30.8 Å². The Hall–Kier alpha value is 0.878. The van der Waals surface area contributed by atoms with Crippen molar-refractivity contribution in [2.75, 3.05) is 0 Å². The van der Waals surface area contributed by atoms with Crippen LogP contribution in [0.15, 0.2) is 0 Å². The molecule has 0 atom stereocenters. The first kappa shape index (κ1) is 4.88. The van der Waals surface area contributed by atoms with E-state index in [1.165, 1.54) is 0 Å². The van der Waals surface area contributed by atoms with Crippen LogP contribution in [0.5, 0.6) is 0 Å². The second kappa shape index (κ2) is 2.14. The molecular formula is HO2PW. The molecule has 0 fully saturated rings. The van der Waals surface area contributed by atoms with Gasteiger partial charge in [0.1, 0.15) is 0 Å². The molecule has 0 aromatic heterocycles. The molecule has 0 saturated heterocycles. The van der Waals surface area contributed by atoms with Crippen LogP contribution >= 0.6 is 6.65 Å². The van der Waals surface area contributed by atoms with Crippen LogP contribution in [0.3, 0.4) is 0 Å². The summed E-state index contributed by atoms with van der Waals surface area (Å²) in [4.78, 5) is 0. The summed E-state index contributed by atoms with van der Waals surface area (Å²) in [5.74, 6) is 0. The van der Waals surface area contributed by atoms with E-state index < -0.39 is 16.4 Å². The van der Waals surface area contributed by atoms with Gasteiger partial charge in [0.15, 0.2) is 0 Å². The van der Waals surface area contributed by atoms with Gasteiger partial charge in [0, 0.05) is 0 Å². The number of hydrogen-bond acceptors (Lipinski definition) is 1. The van der Waals surface area contributed by atoms with Crippen LogP contribution in [0.1, 0.15) is 0 Å². The molecule has 24 valence electrons. The van der Waals surface area contributed by atoms with Gasteiger partial charge in [0.05, 0.1) is 0 Å². The van der Waals surface area contributed by atoms with Gasteiger partial charge in [-0.15, -0.1) is 0 Å². The van der Waals surface area contributed by atoms with Crippen LogP contribution in [0.4, 0.5) is 0 Å². The fourth-order valence-electron chi connectivity index (χ4n) is 0. The molecule has 4 heteroatoms. The summed E-state index contributed by atoms with van der Waals surface area (Å²) in [6.07, 6.45) is 0. The van der Waals surface area contributed by atoms with Crippen LogP contribution in [-0.4, -0.2) is 3.76 Å². The van der Waals surface area contributed by atoms with Crippen molar-refractivity contribution < 1.29 is 23.6 Å². The van der Waals surface area contributed by atoms with Crippen LogP contribution in [0.25, 0.3) is 0 Å². The molecule has 2 nitrogen and oxygen atoms in total. The molecule has 1 N–H and O–H groups in total. The average Bonchev–Trinajstić information content (AvgIpc) is 0.811. The van der Waals surface area contributed by atoms with Gasteiger partial charge in [0.2, 0.25) is 0 Å². The molecule has 0 aliphatic rings. The van der Waals surface area contributed by atoms with Gasteiger partial charge >= 0.3 is 30.2 Å². The first-order chi connectivity index (χ1) is 1.73. The fraction of sp³-hybridized carbons (Fsp3) is 0. The van der Waals surface area contributed by atoms with Crippen molar-refractivity contribution in [3.05, 3.63) is 0 Å². The maximum atomic E-state index is 9.14. The molecule has 0 radical (unpaired) electrons. The topological polar surface area (TPSA) is 37.3 Å². The Morgan fingerprint density at radius 3 is 2.00 bits per heavy atom. The monoisotopic (exact) mass is 248 g/mol. The molecule has 0 bridgehead atoms. The SMILES string of the molecule is [O]=[W]([OH])#[P]. The molecule has 0 aliphatic carbocycles. The third-order valence-corrected chi connectivity index (χ3v) is 0. The Bertz CT molecular complexity index is 96.2. The Kier molecular flexibility index (Phi) is 2.61. The van der Waals surface area contributed by atoms with E-state index in [4.69, 9.17) is 7.16 Å². The molecule has 0 rings (SSSR count). The van der Waals surface area contributed by atoms with Crippen LogP contribution in [-0.2, 0) is 19.8 Å². The van der Waals surface area contributed by atoms with Crippen molar-refractivity contribution in [3.63, 3.8) is 0 Å². The first-order valence-electron chi connectivity index (χ1n) is 0.532. The van der Waals surface area contributed by atoms with E-state index in [2.05, 4.69) is 6.65 Å². The fourth-order valence-corrected chi connectivity index (χ4v) is 0. The van der Waals surface area contributed by atoms with Crippen molar-refractivity contribution in [2.45, 2.75) is 0 Å². The minimum atomic E-state index is -3.08. The van der Waals surface area contributed by atoms with Crippen LogP contribution in [0, 0.1) is 0 Å². The third kappa shape index (κ3) is 13.2. The number of hydrogen-bond donors (Lipinski definition) is 1. The summed E-state index contributed by atoms with van der Waals surface area (Å²) in [6, 6.07) is 0. The molecule has 0 saturated carbocycles. The molecule has 4 heavy (non-hydrogen) atoms. The third-order valence-electron chi connectivity index (χ3n) is 0. The zero-order valence-electron chi connectivity index (χ0n) is 1.71.